The quantitative estimate of drug-likeness (QED) is 0.403. The molecule has 7 heteroatoms. The predicted molar refractivity (Wildman–Crippen MR) is 117 cm³/mol. The maximum absolute atomic E-state index is 12.9. The van der Waals surface area contributed by atoms with Crippen LogP contribution in [0.4, 0.5) is 10.5 Å². The molecule has 1 unspecified atom stereocenters. The molecule has 2 amide bonds. The maximum Gasteiger partial charge on any atom is 0.409 e. The molecule has 3 rings (SSSR count). The number of anilines is 1. The molecule has 0 aliphatic heterocycles. The molecule has 0 saturated heterocycles. The highest BCUT2D eigenvalue weighted by Gasteiger charge is 2.20. The molecule has 0 aliphatic rings. The molecule has 158 valence electrons. The van der Waals surface area contributed by atoms with Gasteiger partial charge in [0.15, 0.2) is 11.9 Å². The van der Waals surface area contributed by atoms with E-state index in [1.807, 2.05) is 43.3 Å². The summed E-state index contributed by atoms with van der Waals surface area (Å²) in [6, 6.07) is 23.0. The molecule has 0 spiro atoms. The Kier molecular flexibility index (Phi) is 7.13. The Labute approximate surface area is 180 Å². The number of ketones is 1. The number of aryl methyl sites for hydroxylation is 1. The minimum Gasteiger partial charge on any atom is -0.445 e. The van der Waals surface area contributed by atoms with E-state index in [1.54, 1.807) is 42.5 Å². The summed E-state index contributed by atoms with van der Waals surface area (Å²) in [5, 5.41) is 4.89. The Bertz CT molecular complexity index is 1070. The maximum atomic E-state index is 12.9. The van der Waals surface area contributed by atoms with Gasteiger partial charge in [-0.1, -0.05) is 72.3 Å². The van der Waals surface area contributed by atoms with Crippen LogP contribution in [-0.2, 0) is 16.1 Å². The third-order valence-corrected chi connectivity index (χ3v) is 4.48. The molecule has 31 heavy (non-hydrogen) atoms. The number of nitrogens with one attached hydrogen (secondary N) is 2. The van der Waals surface area contributed by atoms with E-state index in [9.17, 15) is 14.4 Å². The number of ether oxygens (including phenoxy) is 1. The van der Waals surface area contributed by atoms with Gasteiger partial charge in [-0.3, -0.25) is 14.9 Å². The Hall–Kier alpha value is -3.97. The van der Waals surface area contributed by atoms with Crippen molar-refractivity contribution in [3.05, 3.63) is 101 Å². The Morgan fingerprint density at radius 3 is 2.26 bits per heavy atom. The zero-order valence-corrected chi connectivity index (χ0v) is 17.0. The zero-order chi connectivity index (χ0) is 22.2. The molecule has 0 aromatic heterocycles. The topological polar surface area (TPSA) is 111 Å². The third kappa shape index (κ3) is 6.01. The predicted octanol–water partition coefficient (Wildman–Crippen LogP) is 3.38. The van der Waals surface area contributed by atoms with Crippen molar-refractivity contribution >= 4 is 23.5 Å². The highest BCUT2D eigenvalue weighted by Crippen LogP contribution is 2.21. The van der Waals surface area contributed by atoms with Crippen LogP contribution in [0.25, 0.3) is 0 Å². The fraction of sp³-hybridized carbons (Fsp3) is 0.125. The van der Waals surface area contributed by atoms with E-state index in [0.717, 1.165) is 11.1 Å². The van der Waals surface area contributed by atoms with Crippen LogP contribution in [0, 0.1) is 6.92 Å². The van der Waals surface area contributed by atoms with E-state index in [0.29, 0.717) is 16.8 Å². The number of alkyl carbamates (subject to hydrolysis) is 1. The number of rotatable bonds is 7. The summed E-state index contributed by atoms with van der Waals surface area (Å²) < 4.78 is 5.07. The summed E-state index contributed by atoms with van der Waals surface area (Å²) >= 11 is 0. The standard InChI is InChI=1S/C24H23N3O4/c1-16-12-13-20(19(14-16)21(28)18-10-6-3-7-11-18)26-23(29)22(25)27-24(30)31-15-17-8-4-2-5-9-17/h2-14,22H,15,25H2,1H3,(H,26,29)(H,27,30). The highest BCUT2D eigenvalue weighted by atomic mass is 16.5. The smallest absolute Gasteiger partial charge is 0.409 e. The molecule has 0 aliphatic carbocycles. The summed E-state index contributed by atoms with van der Waals surface area (Å²) in [5.41, 5.74) is 8.60. The Morgan fingerprint density at radius 1 is 0.935 bits per heavy atom. The Morgan fingerprint density at radius 2 is 1.58 bits per heavy atom. The van der Waals surface area contributed by atoms with Gasteiger partial charge in [-0.05, 0) is 24.6 Å². The summed E-state index contributed by atoms with van der Waals surface area (Å²) in [6.07, 6.45) is -2.18. The molecule has 3 aromatic carbocycles. The molecule has 0 heterocycles. The van der Waals surface area contributed by atoms with Crippen molar-refractivity contribution in [1.82, 2.24) is 5.32 Å². The molecule has 0 radical (unpaired) electrons. The van der Waals surface area contributed by atoms with Crippen LogP contribution >= 0.6 is 0 Å². The number of hydrogen-bond acceptors (Lipinski definition) is 5. The second-order valence-corrected chi connectivity index (χ2v) is 6.92. The van der Waals surface area contributed by atoms with Crippen LogP contribution in [0.5, 0.6) is 0 Å². The van der Waals surface area contributed by atoms with Crippen LogP contribution in [-0.4, -0.2) is 23.9 Å². The van der Waals surface area contributed by atoms with Crippen molar-refractivity contribution in [3.8, 4) is 0 Å². The summed E-state index contributed by atoms with van der Waals surface area (Å²) in [5.74, 6) is -0.911. The zero-order valence-electron chi connectivity index (χ0n) is 17.0. The number of carbonyl (C=O) groups is 3. The number of nitrogens with two attached hydrogens (primary N) is 1. The normalized spacial score (nSPS) is 11.3. The molecule has 0 fully saturated rings. The molecule has 1 atom stereocenters. The molecule has 4 N–H and O–H groups in total. The lowest BCUT2D eigenvalue weighted by molar-refractivity contribution is -0.118. The van der Waals surface area contributed by atoms with Crippen molar-refractivity contribution in [2.75, 3.05) is 5.32 Å². The van der Waals surface area contributed by atoms with Gasteiger partial charge < -0.3 is 15.8 Å². The van der Waals surface area contributed by atoms with Crippen molar-refractivity contribution in [3.63, 3.8) is 0 Å². The van der Waals surface area contributed by atoms with Crippen LogP contribution in [0.1, 0.15) is 27.0 Å². The van der Waals surface area contributed by atoms with Crippen LogP contribution in [0.15, 0.2) is 78.9 Å². The fourth-order valence-corrected chi connectivity index (χ4v) is 2.87. The van der Waals surface area contributed by atoms with E-state index >= 15 is 0 Å². The minimum atomic E-state index is -1.36. The second-order valence-electron chi connectivity index (χ2n) is 6.92. The first-order valence-corrected chi connectivity index (χ1v) is 9.68. The van der Waals surface area contributed by atoms with Crippen molar-refractivity contribution in [2.45, 2.75) is 19.7 Å². The van der Waals surface area contributed by atoms with Gasteiger partial charge in [-0.2, -0.15) is 0 Å². The molecular formula is C24H23N3O4. The second kappa shape index (κ2) is 10.2. The van der Waals surface area contributed by atoms with Gasteiger partial charge in [0, 0.05) is 11.1 Å². The third-order valence-electron chi connectivity index (χ3n) is 4.48. The van der Waals surface area contributed by atoms with Crippen molar-refractivity contribution in [1.29, 1.82) is 0 Å². The lowest BCUT2D eigenvalue weighted by atomic mass is 9.99. The highest BCUT2D eigenvalue weighted by molar-refractivity contribution is 6.14. The summed E-state index contributed by atoms with van der Waals surface area (Å²) in [6.45, 7) is 1.90. The number of benzene rings is 3. The van der Waals surface area contributed by atoms with Crippen LogP contribution in [0.2, 0.25) is 0 Å². The van der Waals surface area contributed by atoms with E-state index in [-0.39, 0.29) is 12.4 Å². The lowest BCUT2D eigenvalue weighted by Crippen LogP contribution is -2.50. The summed E-state index contributed by atoms with van der Waals surface area (Å²) in [4.78, 5) is 37.3. The first-order chi connectivity index (χ1) is 14.9. The minimum absolute atomic E-state index is 0.0503. The number of carbonyl (C=O) groups excluding carboxylic acids is 3. The van der Waals surface area contributed by atoms with Crippen LogP contribution < -0.4 is 16.4 Å². The molecule has 7 nitrogen and oxygen atoms in total. The Balaban J connectivity index is 1.64. The SMILES string of the molecule is Cc1ccc(NC(=O)C(N)NC(=O)OCc2ccccc2)c(C(=O)c2ccccc2)c1. The molecule has 0 saturated carbocycles. The number of hydrogen-bond donors (Lipinski definition) is 3. The van der Waals surface area contributed by atoms with Crippen molar-refractivity contribution < 1.29 is 19.1 Å². The average Bonchev–Trinajstić information content (AvgIpc) is 2.79. The van der Waals surface area contributed by atoms with Crippen molar-refractivity contribution in [2.24, 2.45) is 5.73 Å². The van der Waals surface area contributed by atoms with Gasteiger partial charge >= 0.3 is 6.09 Å². The van der Waals surface area contributed by atoms with Gasteiger partial charge in [0.1, 0.15) is 6.61 Å². The van der Waals surface area contributed by atoms with E-state index < -0.39 is 18.2 Å². The van der Waals surface area contributed by atoms with E-state index in [1.165, 1.54) is 0 Å². The van der Waals surface area contributed by atoms with Gasteiger partial charge in [0.05, 0.1) is 5.69 Å². The molecular weight excluding hydrogens is 394 g/mol. The first-order valence-electron chi connectivity index (χ1n) is 9.68. The molecule has 3 aromatic rings. The first kappa shape index (κ1) is 21.7. The fourth-order valence-electron chi connectivity index (χ4n) is 2.87. The van der Waals surface area contributed by atoms with Crippen LogP contribution in [0.3, 0.4) is 0 Å². The lowest BCUT2D eigenvalue weighted by Gasteiger charge is -2.16. The van der Waals surface area contributed by atoms with Gasteiger partial charge in [-0.25, -0.2) is 4.79 Å². The monoisotopic (exact) mass is 417 g/mol. The van der Waals surface area contributed by atoms with E-state index in [2.05, 4.69) is 10.6 Å². The van der Waals surface area contributed by atoms with E-state index in [4.69, 9.17) is 10.5 Å². The van der Waals surface area contributed by atoms with Gasteiger partial charge in [0.25, 0.3) is 5.91 Å². The van der Waals surface area contributed by atoms with Gasteiger partial charge in [0.2, 0.25) is 0 Å². The van der Waals surface area contributed by atoms with Gasteiger partial charge in [-0.15, -0.1) is 0 Å². The average molecular weight is 417 g/mol. The summed E-state index contributed by atoms with van der Waals surface area (Å²) in [7, 11) is 0. The molecule has 0 bridgehead atoms. The largest absolute Gasteiger partial charge is 0.445 e. The number of amides is 2.